The van der Waals surface area contributed by atoms with Crippen LogP contribution in [0.5, 0.6) is 5.75 Å². The van der Waals surface area contributed by atoms with E-state index in [0.29, 0.717) is 12.6 Å². The molecule has 1 unspecified atom stereocenters. The highest BCUT2D eigenvalue weighted by atomic mass is 35.5. The van der Waals surface area contributed by atoms with Crippen LogP contribution >= 0.6 is 11.6 Å². The lowest BCUT2D eigenvalue weighted by atomic mass is 9.87. The second kappa shape index (κ2) is 7.70. The molecule has 0 radical (unpaired) electrons. The summed E-state index contributed by atoms with van der Waals surface area (Å²) in [7, 11) is 0. The number of halogens is 1. The Morgan fingerprint density at radius 1 is 1.50 bits per heavy atom. The molecule has 1 aromatic carbocycles. The average molecular weight is 294 g/mol. The molecule has 0 heterocycles. The van der Waals surface area contributed by atoms with Crippen molar-refractivity contribution in [3.05, 3.63) is 40.4 Å². The Morgan fingerprint density at radius 2 is 2.35 bits per heavy atom. The zero-order valence-electron chi connectivity index (χ0n) is 12.4. The van der Waals surface area contributed by atoms with Crippen molar-refractivity contribution in [2.24, 2.45) is 0 Å². The molecule has 1 atom stereocenters. The minimum atomic E-state index is 0.479. The van der Waals surface area contributed by atoms with Gasteiger partial charge in [-0.15, -0.1) is 0 Å². The second-order valence-corrected chi connectivity index (χ2v) is 5.69. The summed E-state index contributed by atoms with van der Waals surface area (Å²) in [5, 5.41) is 3.64. The van der Waals surface area contributed by atoms with Crippen LogP contribution in [0.25, 0.3) is 0 Å². The predicted octanol–water partition coefficient (Wildman–Crippen LogP) is 4.59. The standard InChI is InChI=1S/C17H24ClNO/c1-3-10-19-16-8-4-7-15-14(16)6-5-9-17(15)20-12-13(2)11-18/h5-6,9,11,16,19H,3-4,7-8,10,12H2,1-2H3/b13-11+. The summed E-state index contributed by atoms with van der Waals surface area (Å²) in [6.45, 7) is 5.82. The van der Waals surface area contributed by atoms with Gasteiger partial charge in [0.25, 0.3) is 0 Å². The van der Waals surface area contributed by atoms with Crippen molar-refractivity contribution in [3.63, 3.8) is 0 Å². The number of ether oxygens (including phenoxy) is 1. The second-order valence-electron chi connectivity index (χ2n) is 5.47. The van der Waals surface area contributed by atoms with Gasteiger partial charge in [0.1, 0.15) is 12.4 Å². The first-order chi connectivity index (χ1) is 9.76. The maximum absolute atomic E-state index is 5.93. The number of hydrogen-bond donors (Lipinski definition) is 1. The fourth-order valence-corrected chi connectivity index (χ4v) is 2.77. The molecule has 2 nitrogen and oxygen atoms in total. The maximum Gasteiger partial charge on any atom is 0.123 e. The fourth-order valence-electron chi connectivity index (χ4n) is 2.70. The SMILES string of the molecule is CCCNC1CCCc2c(OC/C(C)=C/Cl)cccc21. The maximum atomic E-state index is 5.93. The minimum Gasteiger partial charge on any atom is -0.489 e. The van der Waals surface area contributed by atoms with Crippen molar-refractivity contribution in [1.29, 1.82) is 0 Å². The largest absolute Gasteiger partial charge is 0.489 e. The van der Waals surface area contributed by atoms with Gasteiger partial charge in [-0.2, -0.15) is 0 Å². The van der Waals surface area contributed by atoms with Crippen LogP contribution in [0.1, 0.15) is 50.3 Å². The molecule has 0 aliphatic heterocycles. The first-order valence-corrected chi connectivity index (χ1v) is 7.93. The molecule has 0 spiro atoms. The Hall–Kier alpha value is -0.990. The third-order valence-electron chi connectivity index (χ3n) is 3.75. The van der Waals surface area contributed by atoms with E-state index in [1.807, 2.05) is 6.92 Å². The van der Waals surface area contributed by atoms with Crippen molar-refractivity contribution in [2.75, 3.05) is 13.2 Å². The summed E-state index contributed by atoms with van der Waals surface area (Å²) in [6.07, 6.45) is 4.72. The number of hydrogen-bond acceptors (Lipinski definition) is 2. The summed E-state index contributed by atoms with van der Waals surface area (Å²) >= 11 is 5.69. The molecule has 0 aromatic heterocycles. The lowest BCUT2D eigenvalue weighted by Crippen LogP contribution is -2.26. The van der Waals surface area contributed by atoms with E-state index >= 15 is 0 Å². The summed E-state index contributed by atoms with van der Waals surface area (Å²) < 4.78 is 5.93. The molecule has 1 aliphatic rings. The van der Waals surface area contributed by atoms with E-state index in [9.17, 15) is 0 Å². The Labute approximate surface area is 127 Å². The van der Waals surface area contributed by atoms with Crippen LogP contribution < -0.4 is 10.1 Å². The van der Waals surface area contributed by atoms with Gasteiger partial charge in [-0.1, -0.05) is 30.7 Å². The van der Waals surface area contributed by atoms with Gasteiger partial charge in [-0.05, 0) is 61.9 Å². The van der Waals surface area contributed by atoms with Crippen LogP contribution in [0, 0.1) is 0 Å². The Bertz CT molecular complexity index is 470. The van der Waals surface area contributed by atoms with Gasteiger partial charge < -0.3 is 10.1 Å². The highest BCUT2D eigenvalue weighted by molar-refractivity contribution is 6.25. The van der Waals surface area contributed by atoms with Crippen LogP contribution in [0.4, 0.5) is 0 Å². The lowest BCUT2D eigenvalue weighted by molar-refractivity contribution is 0.343. The van der Waals surface area contributed by atoms with Gasteiger partial charge in [-0.25, -0.2) is 0 Å². The molecule has 110 valence electrons. The normalized spacial score (nSPS) is 18.8. The first-order valence-electron chi connectivity index (χ1n) is 7.50. The van der Waals surface area contributed by atoms with Crippen LogP contribution in [0.2, 0.25) is 0 Å². The molecule has 1 aromatic rings. The third kappa shape index (κ3) is 3.77. The van der Waals surface area contributed by atoms with E-state index in [1.165, 1.54) is 30.4 Å². The summed E-state index contributed by atoms with van der Waals surface area (Å²) in [5.74, 6) is 1.02. The van der Waals surface area contributed by atoms with Gasteiger partial charge in [0, 0.05) is 11.6 Å². The van der Waals surface area contributed by atoms with E-state index in [0.717, 1.165) is 24.3 Å². The monoisotopic (exact) mass is 293 g/mol. The van der Waals surface area contributed by atoms with Crippen LogP contribution in [-0.4, -0.2) is 13.2 Å². The van der Waals surface area contributed by atoms with Gasteiger partial charge in [0.05, 0.1) is 0 Å². The van der Waals surface area contributed by atoms with Gasteiger partial charge >= 0.3 is 0 Å². The summed E-state index contributed by atoms with van der Waals surface area (Å²) in [4.78, 5) is 0. The van der Waals surface area contributed by atoms with E-state index in [4.69, 9.17) is 16.3 Å². The number of fused-ring (bicyclic) bond motifs is 1. The van der Waals surface area contributed by atoms with Gasteiger partial charge in [0.2, 0.25) is 0 Å². The van der Waals surface area contributed by atoms with E-state index < -0.39 is 0 Å². The van der Waals surface area contributed by atoms with Crippen molar-refractivity contribution in [3.8, 4) is 5.75 Å². The molecule has 0 saturated carbocycles. The predicted molar refractivity (Wildman–Crippen MR) is 85.5 cm³/mol. The van der Waals surface area contributed by atoms with E-state index in [1.54, 1.807) is 5.54 Å². The van der Waals surface area contributed by atoms with E-state index in [-0.39, 0.29) is 0 Å². The molecule has 0 bridgehead atoms. The summed E-state index contributed by atoms with van der Waals surface area (Å²) in [5.41, 5.74) is 5.41. The average Bonchev–Trinajstić information content (AvgIpc) is 2.50. The highest BCUT2D eigenvalue weighted by Gasteiger charge is 2.22. The molecule has 0 fully saturated rings. The minimum absolute atomic E-state index is 0.479. The molecular weight excluding hydrogens is 270 g/mol. The Kier molecular flexibility index (Phi) is 5.93. The molecule has 3 heteroatoms. The zero-order valence-corrected chi connectivity index (χ0v) is 13.2. The van der Waals surface area contributed by atoms with Gasteiger partial charge in [-0.3, -0.25) is 0 Å². The van der Waals surface area contributed by atoms with Crippen LogP contribution in [0.15, 0.2) is 29.3 Å². The molecular formula is C17H24ClNO. The van der Waals surface area contributed by atoms with Crippen molar-refractivity contribution >= 4 is 11.6 Å². The molecule has 0 amide bonds. The molecule has 1 aliphatic carbocycles. The van der Waals surface area contributed by atoms with Crippen LogP contribution in [-0.2, 0) is 6.42 Å². The Morgan fingerprint density at radius 3 is 3.10 bits per heavy atom. The smallest absolute Gasteiger partial charge is 0.123 e. The highest BCUT2D eigenvalue weighted by Crippen LogP contribution is 2.35. The zero-order chi connectivity index (χ0) is 14.4. The third-order valence-corrected chi connectivity index (χ3v) is 4.12. The van der Waals surface area contributed by atoms with Crippen molar-refractivity contribution < 1.29 is 4.74 Å². The lowest BCUT2D eigenvalue weighted by Gasteiger charge is -2.28. The molecule has 20 heavy (non-hydrogen) atoms. The molecule has 1 N–H and O–H groups in total. The van der Waals surface area contributed by atoms with E-state index in [2.05, 4.69) is 30.4 Å². The van der Waals surface area contributed by atoms with Crippen molar-refractivity contribution in [1.82, 2.24) is 5.32 Å². The first kappa shape index (κ1) is 15.4. The van der Waals surface area contributed by atoms with Gasteiger partial charge in [0.15, 0.2) is 0 Å². The fraction of sp³-hybridized carbons (Fsp3) is 0.529. The molecule has 2 rings (SSSR count). The number of nitrogens with one attached hydrogen (secondary N) is 1. The van der Waals surface area contributed by atoms with Crippen molar-refractivity contribution in [2.45, 2.75) is 45.6 Å². The summed E-state index contributed by atoms with van der Waals surface area (Å²) in [6, 6.07) is 6.88. The number of benzene rings is 1. The quantitative estimate of drug-likeness (QED) is 0.828. The molecule has 0 saturated heterocycles. The topological polar surface area (TPSA) is 21.3 Å². The Balaban J connectivity index is 2.15. The van der Waals surface area contributed by atoms with Crippen LogP contribution in [0.3, 0.4) is 0 Å². The number of rotatable bonds is 6.